The lowest BCUT2D eigenvalue weighted by atomic mass is 10.1. The molecule has 1 aliphatic rings. The largest absolute Gasteiger partial charge is 0.465 e. The highest BCUT2D eigenvalue weighted by Crippen LogP contribution is 2.26. The van der Waals surface area contributed by atoms with Gasteiger partial charge in [0.15, 0.2) is 0 Å². The van der Waals surface area contributed by atoms with Gasteiger partial charge in [0.2, 0.25) is 0 Å². The monoisotopic (exact) mass is 354 g/mol. The molecule has 0 spiro atoms. The van der Waals surface area contributed by atoms with E-state index in [2.05, 4.69) is 20.3 Å². The molecule has 26 heavy (non-hydrogen) atoms. The number of rotatable bonds is 3. The summed E-state index contributed by atoms with van der Waals surface area (Å²) in [6.07, 6.45) is 1.74. The Balaban J connectivity index is 1.84. The van der Waals surface area contributed by atoms with E-state index in [1.165, 1.54) is 18.3 Å². The average Bonchev–Trinajstić information content (AvgIpc) is 2.63. The number of pyridine rings is 2. The number of nitrogens with zero attached hydrogens (tertiary/aromatic N) is 4. The molecule has 0 aliphatic carbocycles. The molecule has 1 amide bonds. The van der Waals surface area contributed by atoms with Crippen molar-refractivity contribution in [3.05, 3.63) is 52.7 Å². The fraction of sp³-hybridized carbons (Fsp3) is 0.235. The number of anilines is 1. The fourth-order valence-corrected chi connectivity index (χ4v) is 2.54. The van der Waals surface area contributed by atoms with E-state index in [9.17, 15) is 9.18 Å². The predicted octanol–water partition coefficient (Wildman–Crippen LogP) is 1.82. The number of ether oxygens (including phenoxy) is 1. The molecule has 3 rings (SSSR count). The van der Waals surface area contributed by atoms with Gasteiger partial charge in [-0.1, -0.05) is 0 Å². The van der Waals surface area contributed by atoms with Crippen molar-refractivity contribution in [2.24, 2.45) is 10.7 Å². The molecule has 9 heteroatoms. The van der Waals surface area contributed by atoms with Gasteiger partial charge in [-0.05, 0) is 30.7 Å². The molecule has 3 heterocycles. The van der Waals surface area contributed by atoms with Gasteiger partial charge in [0.1, 0.15) is 35.1 Å². The van der Waals surface area contributed by atoms with Crippen LogP contribution >= 0.6 is 0 Å². The Morgan fingerprint density at radius 3 is 3.00 bits per heavy atom. The van der Waals surface area contributed by atoms with Gasteiger partial charge in [-0.25, -0.2) is 19.4 Å². The maximum atomic E-state index is 14.1. The van der Waals surface area contributed by atoms with Crippen molar-refractivity contribution >= 4 is 17.7 Å². The number of amides is 1. The van der Waals surface area contributed by atoms with Gasteiger partial charge in [-0.2, -0.15) is 5.26 Å². The zero-order valence-electron chi connectivity index (χ0n) is 13.9. The molecular formula is C17H15FN6O2. The Morgan fingerprint density at radius 2 is 2.31 bits per heavy atom. The lowest BCUT2D eigenvalue weighted by Crippen LogP contribution is -2.25. The Morgan fingerprint density at radius 1 is 1.50 bits per heavy atom. The van der Waals surface area contributed by atoms with E-state index < -0.39 is 17.8 Å². The number of aliphatic imine (C=N–C) groups is 1. The number of nitrogens with one attached hydrogen (secondary N) is 1. The molecular weight excluding hydrogens is 339 g/mol. The summed E-state index contributed by atoms with van der Waals surface area (Å²) >= 11 is 0. The van der Waals surface area contributed by atoms with Crippen LogP contribution in [0.4, 0.5) is 10.2 Å². The van der Waals surface area contributed by atoms with Gasteiger partial charge in [-0.15, -0.1) is 0 Å². The summed E-state index contributed by atoms with van der Waals surface area (Å²) in [6, 6.07) is 5.48. The van der Waals surface area contributed by atoms with Crippen molar-refractivity contribution in [3.63, 3.8) is 0 Å². The van der Waals surface area contributed by atoms with E-state index in [-0.39, 0.29) is 23.2 Å². The molecule has 132 valence electrons. The van der Waals surface area contributed by atoms with Crippen molar-refractivity contribution < 1.29 is 13.9 Å². The molecule has 2 aromatic heterocycles. The van der Waals surface area contributed by atoms with Crippen LogP contribution in [0.15, 0.2) is 29.4 Å². The van der Waals surface area contributed by atoms with Crippen molar-refractivity contribution in [1.29, 1.82) is 5.26 Å². The number of hydrogen-bond donors (Lipinski definition) is 2. The minimum atomic E-state index is -0.574. The summed E-state index contributed by atoms with van der Waals surface area (Å²) in [6.45, 7) is 1.98. The van der Waals surface area contributed by atoms with Crippen LogP contribution in [0, 0.1) is 24.1 Å². The highest BCUT2D eigenvalue weighted by atomic mass is 19.1. The van der Waals surface area contributed by atoms with Crippen LogP contribution in [0.2, 0.25) is 0 Å². The number of nitriles is 1. The smallest absolute Gasteiger partial charge is 0.282 e. The maximum absolute atomic E-state index is 14.1. The Kier molecular flexibility index (Phi) is 4.75. The first-order chi connectivity index (χ1) is 12.5. The molecule has 1 aliphatic heterocycles. The van der Waals surface area contributed by atoms with Crippen molar-refractivity contribution in [1.82, 2.24) is 9.97 Å². The minimum absolute atomic E-state index is 0.0192. The molecule has 0 bridgehead atoms. The van der Waals surface area contributed by atoms with E-state index >= 15 is 0 Å². The number of aromatic nitrogens is 2. The van der Waals surface area contributed by atoms with Crippen LogP contribution in [0.25, 0.3) is 0 Å². The molecule has 0 saturated heterocycles. The summed E-state index contributed by atoms with van der Waals surface area (Å²) in [4.78, 5) is 24.6. The summed E-state index contributed by atoms with van der Waals surface area (Å²) in [5, 5.41) is 11.4. The van der Waals surface area contributed by atoms with E-state index in [1.807, 2.05) is 6.07 Å². The SMILES string of the molecule is Cc1cc(C#N)cnc1C(=O)Nc1ccc(F)c(C2CCOC(N)=N2)n1. The first kappa shape index (κ1) is 17.3. The second-order valence-electron chi connectivity index (χ2n) is 5.64. The van der Waals surface area contributed by atoms with Gasteiger partial charge < -0.3 is 15.8 Å². The van der Waals surface area contributed by atoms with Crippen LogP contribution in [-0.2, 0) is 4.74 Å². The second kappa shape index (κ2) is 7.14. The maximum Gasteiger partial charge on any atom is 0.282 e. The number of halogens is 1. The third-order valence-corrected chi connectivity index (χ3v) is 3.78. The molecule has 0 saturated carbocycles. The Bertz CT molecular complexity index is 937. The van der Waals surface area contributed by atoms with Gasteiger partial charge in [-0.3, -0.25) is 4.79 Å². The fourth-order valence-electron chi connectivity index (χ4n) is 2.54. The molecule has 1 unspecified atom stereocenters. The number of amidine groups is 1. The zero-order chi connectivity index (χ0) is 18.7. The average molecular weight is 354 g/mol. The second-order valence-corrected chi connectivity index (χ2v) is 5.64. The van der Waals surface area contributed by atoms with E-state index in [1.54, 1.807) is 13.0 Å². The number of aryl methyl sites for hydroxylation is 1. The molecule has 0 radical (unpaired) electrons. The van der Waals surface area contributed by atoms with Crippen molar-refractivity contribution in [2.45, 2.75) is 19.4 Å². The summed E-state index contributed by atoms with van der Waals surface area (Å²) in [7, 11) is 0. The van der Waals surface area contributed by atoms with Gasteiger partial charge in [0.05, 0.1) is 12.2 Å². The number of nitrogens with two attached hydrogens (primary N) is 1. The van der Waals surface area contributed by atoms with E-state index in [4.69, 9.17) is 15.7 Å². The van der Waals surface area contributed by atoms with Gasteiger partial charge >= 0.3 is 0 Å². The molecule has 0 fully saturated rings. The summed E-state index contributed by atoms with van der Waals surface area (Å²) in [5.74, 6) is -0.886. The summed E-state index contributed by atoms with van der Waals surface area (Å²) in [5.41, 5.74) is 6.67. The van der Waals surface area contributed by atoms with Crippen LogP contribution in [-0.4, -0.2) is 28.5 Å². The molecule has 3 N–H and O–H groups in total. The number of carbonyl (C=O) groups excluding carboxylic acids is 1. The van der Waals surface area contributed by atoms with Crippen molar-refractivity contribution in [2.75, 3.05) is 11.9 Å². The van der Waals surface area contributed by atoms with E-state index in [0.29, 0.717) is 24.2 Å². The third-order valence-electron chi connectivity index (χ3n) is 3.78. The molecule has 2 aromatic rings. The Hall–Kier alpha value is -3.54. The van der Waals surface area contributed by atoms with Crippen molar-refractivity contribution in [3.8, 4) is 6.07 Å². The zero-order valence-corrected chi connectivity index (χ0v) is 13.9. The lowest BCUT2D eigenvalue weighted by Gasteiger charge is -2.19. The molecule has 8 nitrogen and oxygen atoms in total. The lowest BCUT2D eigenvalue weighted by molar-refractivity contribution is 0.102. The highest BCUT2D eigenvalue weighted by molar-refractivity contribution is 6.03. The standard InChI is InChI=1S/C17H15FN6O2/c1-9-6-10(7-19)8-21-14(9)16(25)24-13-3-2-11(18)15(23-13)12-4-5-26-17(20)22-12/h2-3,6,8,12H,4-5H2,1H3,(H2,20,22)(H,23,24,25). The van der Waals surface area contributed by atoms with Crippen LogP contribution < -0.4 is 11.1 Å². The molecule has 1 atom stereocenters. The van der Waals surface area contributed by atoms with Crippen LogP contribution in [0.3, 0.4) is 0 Å². The first-order valence-corrected chi connectivity index (χ1v) is 7.78. The normalized spacial score (nSPS) is 16.2. The Labute approximate surface area is 148 Å². The molecule has 0 aromatic carbocycles. The quantitative estimate of drug-likeness (QED) is 0.866. The minimum Gasteiger partial charge on any atom is -0.465 e. The highest BCUT2D eigenvalue weighted by Gasteiger charge is 2.22. The van der Waals surface area contributed by atoms with Gasteiger partial charge in [0.25, 0.3) is 11.9 Å². The first-order valence-electron chi connectivity index (χ1n) is 7.78. The number of carbonyl (C=O) groups is 1. The van der Waals surface area contributed by atoms with Crippen LogP contribution in [0.1, 0.15) is 39.8 Å². The van der Waals surface area contributed by atoms with Gasteiger partial charge in [0, 0.05) is 12.6 Å². The number of hydrogen-bond acceptors (Lipinski definition) is 7. The topological polar surface area (TPSA) is 126 Å². The third kappa shape index (κ3) is 3.59. The predicted molar refractivity (Wildman–Crippen MR) is 90.8 cm³/mol. The van der Waals surface area contributed by atoms with E-state index in [0.717, 1.165) is 0 Å². The summed E-state index contributed by atoms with van der Waals surface area (Å²) < 4.78 is 19.2. The van der Waals surface area contributed by atoms with Crippen LogP contribution in [0.5, 0.6) is 0 Å².